The van der Waals surface area contributed by atoms with Crippen LogP contribution in [0.1, 0.15) is 5.56 Å². The van der Waals surface area contributed by atoms with Crippen molar-refractivity contribution in [3.63, 3.8) is 0 Å². The van der Waals surface area contributed by atoms with E-state index in [0.717, 1.165) is 17.7 Å². The lowest BCUT2D eigenvalue weighted by Gasteiger charge is -2.07. The van der Waals surface area contributed by atoms with Crippen molar-refractivity contribution in [1.82, 2.24) is 20.2 Å². The summed E-state index contributed by atoms with van der Waals surface area (Å²) in [5.74, 6) is -1.71. The minimum Gasteiger partial charge on any atom is -0.398 e. The third-order valence-electron chi connectivity index (χ3n) is 3.04. The molecule has 0 spiro atoms. The number of aromatic nitrogens is 4. The van der Waals surface area contributed by atoms with Crippen molar-refractivity contribution in [3.8, 4) is 11.4 Å². The van der Waals surface area contributed by atoms with Crippen molar-refractivity contribution in [2.24, 2.45) is 0 Å². The van der Waals surface area contributed by atoms with E-state index in [2.05, 4.69) is 15.5 Å². The standard InChI is InChI=1S/C14H11F2N5/c15-11-6-10(13(17)7-12(11)16)14-18-19-20-21(14)8-9-4-2-1-3-5-9/h1-7H,8,17H2. The maximum Gasteiger partial charge on any atom is 0.184 e. The van der Waals surface area contributed by atoms with Gasteiger partial charge in [-0.3, -0.25) is 0 Å². The average molecular weight is 287 g/mol. The van der Waals surface area contributed by atoms with Crippen LogP contribution in [0.15, 0.2) is 42.5 Å². The van der Waals surface area contributed by atoms with Gasteiger partial charge in [0.2, 0.25) is 0 Å². The van der Waals surface area contributed by atoms with Crippen LogP contribution in [0.4, 0.5) is 14.5 Å². The van der Waals surface area contributed by atoms with Crippen molar-refractivity contribution in [1.29, 1.82) is 0 Å². The number of halogens is 2. The molecule has 1 heterocycles. The van der Waals surface area contributed by atoms with Gasteiger partial charge >= 0.3 is 0 Å². The van der Waals surface area contributed by atoms with Crippen LogP contribution in [0.2, 0.25) is 0 Å². The Bertz CT molecular complexity index is 770. The van der Waals surface area contributed by atoms with E-state index in [1.54, 1.807) is 0 Å². The lowest BCUT2D eigenvalue weighted by Crippen LogP contribution is -2.06. The average Bonchev–Trinajstić information content (AvgIpc) is 2.92. The molecule has 0 saturated heterocycles. The predicted molar refractivity (Wildman–Crippen MR) is 73.1 cm³/mol. The number of hydrogen-bond donors (Lipinski definition) is 1. The van der Waals surface area contributed by atoms with Gasteiger partial charge < -0.3 is 5.73 Å². The van der Waals surface area contributed by atoms with Gasteiger partial charge in [0.1, 0.15) is 0 Å². The van der Waals surface area contributed by atoms with Crippen molar-refractivity contribution < 1.29 is 8.78 Å². The van der Waals surface area contributed by atoms with E-state index >= 15 is 0 Å². The maximum absolute atomic E-state index is 13.4. The molecule has 3 rings (SSSR count). The smallest absolute Gasteiger partial charge is 0.184 e. The Morgan fingerprint density at radius 1 is 1.05 bits per heavy atom. The summed E-state index contributed by atoms with van der Waals surface area (Å²) >= 11 is 0. The van der Waals surface area contributed by atoms with Gasteiger partial charge in [-0.25, -0.2) is 13.5 Å². The first-order chi connectivity index (χ1) is 10.1. The molecule has 0 unspecified atom stereocenters. The number of rotatable bonds is 3. The molecule has 2 N–H and O–H groups in total. The largest absolute Gasteiger partial charge is 0.398 e. The summed E-state index contributed by atoms with van der Waals surface area (Å²) in [4.78, 5) is 0. The molecule has 7 heteroatoms. The van der Waals surface area contributed by atoms with Crippen LogP contribution in [-0.2, 0) is 6.54 Å². The minimum absolute atomic E-state index is 0.0815. The van der Waals surface area contributed by atoms with Crippen LogP contribution >= 0.6 is 0 Å². The van der Waals surface area contributed by atoms with Gasteiger partial charge in [0.15, 0.2) is 17.5 Å². The van der Waals surface area contributed by atoms with Crippen LogP contribution in [0.3, 0.4) is 0 Å². The highest BCUT2D eigenvalue weighted by atomic mass is 19.2. The monoisotopic (exact) mass is 287 g/mol. The van der Waals surface area contributed by atoms with Crippen molar-refractivity contribution in [2.75, 3.05) is 5.73 Å². The molecule has 0 amide bonds. The number of nitrogen functional groups attached to an aromatic ring is 1. The fourth-order valence-corrected chi connectivity index (χ4v) is 2.02. The summed E-state index contributed by atoms with van der Waals surface area (Å²) in [6.07, 6.45) is 0. The number of tetrazole rings is 1. The highest BCUT2D eigenvalue weighted by Crippen LogP contribution is 2.26. The van der Waals surface area contributed by atoms with E-state index in [-0.39, 0.29) is 17.1 Å². The first kappa shape index (κ1) is 13.2. The summed E-state index contributed by atoms with van der Waals surface area (Å²) in [5, 5.41) is 11.3. The summed E-state index contributed by atoms with van der Waals surface area (Å²) in [5.41, 5.74) is 7.05. The van der Waals surface area contributed by atoms with E-state index in [0.29, 0.717) is 6.54 Å². The number of hydrogen-bond acceptors (Lipinski definition) is 4. The molecular formula is C14H11F2N5. The Kier molecular flexibility index (Phi) is 3.31. The molecule has 0 aliphatic carbocycles. The van der Waals surface area contributed by atoms with E-state index in [9.17, 15) is 8.78 Å². The summed E-state index contributed by atoms with van der Waals surface area (Å²) < 4.78 is 28.0. The summed E-state index contributed by atoms with van der Waals surface area (Å²) in [6.45, 7) is 0.404. The maximum atomic E-state index is 13.4. The van der Waals surface area contributed by atoms with E-state index in [1.807, 2.05) is 30.3 Å². The van der Waals surface area contributed by atoms with Gasteiger partial charge in [0, 0.05) is 17.3 Å². The molecule has 0 radical (unpaired) electrons. The molecule has 1 aromatic heterocycles. The Morgan fingerprint density at radius 2 is 1.76 bits per heavy atom. The molecule has 2 aromatic carbocycles. The molecule has 0 atom stereocenters. The highest BCUT2D eigenvalue weighted by Gasteiger charge is 2.15. The van der Waals surface area contributed by atoms with Crippen molar-refractivity contribution in [2.45, 2.75) is 6.54 Å². The minimum atomic E-state index is -1.00. The number of anilines is 1. The zero-order chi connectivity index (χ0) is 14.8. The van der Waals surface area contributed by atoms with Crippen molar-refractivity contribution >= 4 is 5.69 Å². The van der Waals surface area contributed by atoms with E-state index < -0.39 is 11.6 Å². The molecule has 0 aliphatic rings. The van der Waals surface area contributed by atoms with Gasteiger partial charge in [-0.15, -0.1) is 5.10 Å². The fourth-order valence-electron chi connectivity index (χ4n) is 2.02. The summed E-state index contributed by atoms with van der Waals surface area (Å²) in [6, 6.07) is 11.4. The van der Waals surface area contributed by atoms with Gasteiger partial charge in [-0.1, -0.05) is 30.3 Å². The molecule has 5 nitrogen and oxygen atoms in total. The van der Waals surface area contributed by atoms with Crippen LogP contribution in [0.5, 0.6) is 0 Å². The Labute approximate surface area is 119 Å². The molecule has 0 bridgehead atoms. The SMILES string of the molecule is Nc1cc(F)c(F)cc1-c1nnnn1Cc1ccccc1. The van der Waals surface area contributed by atoms with E-state index in [1.165, 1.54) is 4.68 Å². The van der Waals surface area contributed by atoms with Gasteiger partial charge in [0.05, 0.1) is 6.54 Å². The van der Waals surface area contributed by atoms with Gasteiger partial charge in [-0.05, 0) is 22.1 Å². The highest BCUT2D eigenvalue weighted by molar-refractivity contribution is 5.71. The van der Waals surface area contributed by atoms with Gasteiger partial charge in [-0.2, -0.15) is 0 Å². The fraction of sp³-hybridized carbons (Fsp3) is 0.0714. The van der Waals surface area contributed by atoms with Crippen LogP contribution in [0.25, 0.3) is 11.4 Å². The molecule has 0 aliphatic heterocycles. The third-order valence-corrected chi connectivity index (χ3v) is 3.04. The number of nitrogens with two attached hydrogens (primary N) is 1. The first-order valence-corrected chi connectivity index (χ1v) is 6.20. The van der Waals surface area contributed by atoms with Crippen LogP contribution < -0.4 is 5.73 Å². The molecule has 0 fully saturated rings. The topological polar surface area (TPSA) is 69.6 Å². The zero-order valence-corrected chi connectivity index (χ0v) is 10.9. The zero-order valence-electron chi connectivity index (χ0n) is 10.9. The lowest BCUT2D eigenvalue weighted by molar-refractivity contribution is 0.509. The Hall–Kier alpha value is -2.83. The number of nitrogens with zero attached hydrogens (tertiary/aromatic N) is 4. The molecule has 0 saturated carbocycles. The van der Waals surface area contributed by atoms with Crippen LogP contribution in [-0.4, -0.2) is 20.2 Å². The first-order valence-electron chi connectivity index (χ1n) is 6.20. The number of benzene rings is 2. The molecule has 106 valence electrons. The lowest BCUT2D eigenvalue weighted by atomic mass is 10.1. The quantitative estimate of drug-likeness (QED) is 0.750. The molecule has 3 aromatic rings. The third kappa shape index (κ3) is 2.58. The normalized spacial score (nSPS) is 10.8. The summed E-state index contributed by atoms with van der Waals surface area (Å²) in [7, 11) is 0. The van der Waals surface area contributed by atoms with Crippen molar-refractivity contribution in [3.05, 3.63) is 59.7 Å². The Balaban J connectivity index is 2.01. The second-order valence-electron chi connectivity index (χ2n) is 4.50. The Morgan fingerprint density at radius 3 is 2.52 bits per heavy atom. The second kappa shape index (κ2) is 5.28. The second-order valence-corrected chi connectivity index (χ2v) is 4.50. The predicted octanol–water partition coefficient (Wildman–Crippen LogP) is 2.25. The van der Waals surface area contributed by atoms with E-state index in [4.69, 9.17) is 5.73 Å². The molecular weight excluding hydrogens is 276 g/mol. The molecule has 21 heavy (non-hydrogen) atoms. The van der Waals surface area contributed by atoms with Crippen LogP contribution in [0, 0.1) is 11.6 Å². The van der Waals surface area contributed by atoms with Gasteiger partial charge in [0.25, 0.3) is 0 Å².